The van der Waals surface area contributed by atoms with Crippen molar-refractivity contribution in [2.75, 3.05) is 32.8 Å². The smallest absolute Gasteiger partial charge is 0.253 e. The monoisotopic (exact) mass is 276 g/mol. The minimum atomic E-state index is -0.124. The molecule has 5 nitrogen and oxygen atoms in total. The number of amides is 2. The molecule has 108 valence electrons. The molecule has 1 aromatic carbocycles. The number of carbonyl (C=O) groups is 2. The van der Waals surface area contributed by atoms with Crippen LogP contribution in [0.25, 0.3) is 0 Å². The fraction of sp³-hybridized carbons (Fsp3) is 0.467. The van der Waals surface area contributed by atoms with E-state index in [0.717, 1.165) is 5.56 Å². The Hall–Kier alpha value is -1.88. The maximum Gasteiger partial charge on any atom is 0.253 e. The zero-order valence-corrected chi connectivity index (χ0v) is 11.7. The van der Waals surface area contributed by atoms with Gasteiger partial charge in [0.05, 0.1) is 6.61 Å². The number of hydrogen-bond donors (Lipinski definition) is 1. The van der Waals surface area contributed by atoms with E-state index in [4.69, 9.17) is 5.11 Å². The van der Waals surface area contributed by atoms with E-state index in [1.807, 2.05) is 31.2 Å². The molecule has 2 rings (SSSR count). The number of aliphatic hydroxyl groups excluding tert-OH is 1. The lowest BCUT2D eigenvalue weighted by atomic mass is 10.1. The number of benzene rings is 1. The lowest BCUT2D eigenvalue weighted by molar-refractivity contribution is -0.133. The summed E-state index contributed by atoms with van der Waals surface area (Å²) in [6.07, 6.45) is 0.159. The first kappa shape index (κ1) is 14.5. The lowest BCUT2D eigenvalue weighted by Crippen LogP contribution is -2.50. The molecule has 1 aromatic rings. The Balaban J connectivity index is 1.92. The van der Waals surface area contributed by atoms with Crippen molar-refractivity contribution in [3.8, 4) is 0 Å². The molecule has 2 amide bonds. The highest BCUT2D eigenvalue weighted by Gasteiger charge is 2.24. The fourth-order valence-corrected chi connectivity index (χ4v) is 2.29. The van der Waals surface area contributed by atoms with Crippen LogP contribution in [0.15, 0.2) is 24.3 Å². The first-order valence-corrected chi connectivity index (χ1v) is 6.86. The van der Waals surface area contributed by atoms with Gasteiger partial charge in [-0.15, -0.1) is 0 Å². The van der Waals surface area contributed by atoms with Crippen LogP contribution in [-0.2, 0) is 4.79 Å². The van der Waals surface area contributed by atoms with E-state index in [2.05, 4.69) is 0 Å². The Morgan fingerprint density at radius 1 is 1.05 bits per heavy atom. The summed E-state index contributed by atoms with van der Waals surface area (Å²) in [4.78, 5) is 27.4. The number of nitrogens with zero attached hydrogens (tertiary/aromatic N) is 2. The van der Waals surface area contributed by atoms with E-state index in [-0.39, 0.29) is 24.8 Å². The molecule has 20 heavy (non-hydrogen) atoms. The van der Waals surface area contributed by atoms with Gasteiger partial charge >= 0.3 is 0 Å². The predicted molar refractivity (Wildman–Crippen MR) is 75.4 cm³/mol. The summed E-state index contributed by atoms with van der Waals surface area (Å²) in [5.41, 5.74) is 1.81. The van der Waals surface area contributed by atoms with E-state index in [0.29, 0.717) is 31.7 Å². The van der Waals surface area contributed by atoms with Crippen LogP contribution in [0.2, 0.25) is 0 Å². The van der Waals surface area contributed by atoms with Crippen LogP contribution in [0.4, 0.5) is 0 Å². The Kier molecular flexibility index (Phi) is 4.74. The lowest BCUT2D eigenvalue weighted by Gasteiger charge is -2.34. The van der Waals surface area contributed by atoms with Crippen LogP contribution in [0.1, 0.15) is 22.3 Å². The molecule has 1 aliphatic heterocycles. The standard InChI is InChI=1S/C15H20N2O3/c1-12-2-4-13(5-3-12)15(20)17-9-7-16(8-10-17)14(19)6-11-18/h2-5,18H,6-11H2,1H3. The molecule has 1 aliphatic rings. The van der Waals surface area contributed by atoms with Gasteiger partial charge < -0.3 is 14.9 Å². The van der Waals surface area contributed by atoms with Crippen molar-refractivity contribution in [3.05, 3.63) is 35.4 Å². The van der Waals surface area contributed by atoms with Crippen molar-refractivity contribution in [2.24, 2.45) is 0 Å². The molecule has 0 saturated carbocycles. The van der Waals surface area contributed by atoms with Gasteiger partial charge in [-0.1, -0.05) is 17.7 Å². The average Bonchev–Trinajstić information content (AvgIpc) is 2.48. The van der Waals surface area contributed by atoms with Gasteiger partial charge in [-0.2, -0.15) is 0 Å². The number of carbonyl (C=O) groups excluding carboxylic acids is 2. The second-order valence-electron chi connectivity index (χ2n) is 5.01. The third-order valence-corrected chi connectivity index (χ3v) is 3.54. The minimum absolute atomic E-state index is 0.0132. The quantitative estimate of drug-likeness (QED) is 0.882. The Morgan fingerprint density at radius 2 is 1.60 bits per heavy atom. The average molecular weight is 276 g/mol. The van der Waals surface area contributed by atoms with E-state index in [9.17, 15) is 9.59 Å². The molecular weight excluding hydrogens is 256 g/mol. The van der Waals surface area contributed by atoms with Gasteiger partial charge in [0.1, 0.15) is 0 Å². The number of aliphatic hydroxyl groups is 1. The minimum Gasteiger partial charge on any atom is -0.396 e. The molecule has 0 spiro atoms. The Bertz CT molecular complexity index is 476. The summed E-state index contributed by atoms with van der Waals surface area (Å²) in [7, 11) is 0. The third-order valence-electron chi connectivity index (χ3n) is 3.54. The summed E-state index contributed by atoms with van der Waals surface area (Å²) < 4.78 is 0. The maximum atomic E-state index is 12.3. The molecule has 5 heteroatoms. The van der Waals surface area contributed by atoms with E-state index in [1.54, 1.807) is 9.80 Å². The molecule has 0 atom stereocenters. The van der Waals surface area contributed by atoms with Crippen LogP contribution < -0.4 is 0 Å². The van der Waals surface area contributed by atoms with Crippen molar-refractivity contribution in [1.82, 2.24) is 9.80 Å². The van der Waals surface area contributed by atoms with Crippen LogP contribution in [0, 0.1) is 6.92 Å². The first-order chi connectivity index (χ1) is 9.61. The molecule has 0 unspecified atom stereocenters. The van der Waals surface area contributed by atoms with Crippen LogP contribution in [0.5, 0.6) is 0 Å². The third kappa shape index (κ3) is 3.36. The number of piperazine rings is 1. The van der Waals surface area contributed by atoms with Crippen LogP contribution in [-0.4, -0.2) is 59.5 Å². The summed E-state index contributed by atoms with van der Waals surface area (Å²) in [6.45, 7) is 4.03. The molecule has 0 bridgehead atoms. The van der Waals surface area contributed by atoms with Crippen molar-refractivity contribution in [1.29, 1.82) is 0 Å². The fourth-order valence-electron chi connectivity index (χ4n) is 2.29. The van der Waals surface area contributed by atoms with Gasteiger partial charge in [-0.25, -0.2) is 0 Å². The topological polar surface area (TPSA) is 60.9 Å². The number of aryl methyl sites for hydroxylation is 1. The second-order valence-corrected chi connectivity index (χ2v) is 5.01. The molecule has 0 aliphatic carbocycles. The van der Waals surface area contributed by atoms with Gasteiger partial charge in [-0.05, 0) is 19.1 Å². The van der Waals surface area contributed by atoms with Gasteiger partial charge in [0.2, 0.25) is 5.91 Å². The van der Waals surface area contributed by atoms with E-state index in [1.165, 1.54) is 0 Å². The van der Waals surface area contributed by atoms with Crippen molar-refractivity contribution < 1.29 is 14.7 Å². The number of rotatable bonds is 3. The molecule has 0 aromatic heterocycles. The summed E-state index contributed by atoms with van der Waals surface area (Å²) in [5, 5.41) is 8.77. The normalized spacial score (nSPS) is 15.3. The zero-order chi connectivity index (χ0) is 14.5. The van der Waals surface area contributed by atoms with Gasteiger partial charge in [-0.3, -0.25) is 9.59 Å². The molecule has 1 saturated heterocycles. The van der Waals surface area contributed by atoms with Crippen molar-refractivity contribution in [2.45, 2.75) is 13.3 Å². The number of hydrogen-bond acceptors (Lipinski definition) is 3. The summed E-state index contributed by atoms with van der Waals surface area (Å²) >= 11 is 0. The molecule has 1 heterocycles. The van der Waals surface area contributed by atoms with Crippen molar-refractivity contribution in [3.63, 3.8) is 0 Å². The van der Waals surface area contributed by atoms with Gasteiger partial charge in [0.15, 0.2) is 0 Å². The summed E-state index contributed by atoms with van der Waals surface area (Å²) in [5.74, 6) is -0.0332. The van der Waals surface area contributed by atoms with Crippen LogP contribution in [0.3, 0.4) is 0 Å². The van der Waals surface area contributed by atoms with Crippen LogP contribution >= 0.6 is 0 Å². The van der Waals surface area contributed by atoms with Gasteiger partial charge in [0, 0.05) is 38.2 Å². The zero-order valence-electron chi connectivity index (χ0n) is 11.7. The van der Waals surface area contributed by atoms with E-state index >= 15 is 0 Å². The Labute approximate surface area is 118 Å². The first-order valence-electron chi connectivity index (χ1n) is 6.86. The highest BCUT2D eigenvalue weighted by Crippen LogP contribution is 2.10. The molecule has 0 radical (unpaired) electrons. The molecule has 1 fully saturated rings. The van der Waals surface area contributed by atoms with Gasteiger partial charge in [0.25, 0.3) is 5.91 Å². The largest absolute Gasteiger partial charge is 0.396 e. The Morgan fingerprint density at radius 3 is 2.15 bits per heavy atom. The molecule has 1 N–H and O–H groups in total. The molecular formula is C15H20N2O3. The SMILES string of the molecule is Cc1ccc(C(=O)N2CCN(C(=O)CCO)CC2)cc1. The maximum absolute atomic E-state index is 12.3. The van der Waals surface area contributed by atoms with E-state index < -0.39 is 0 Å². The highest BCUT2D eigenvalue weighted by atomic mass is 16.3. The predicted octanol–water partition coefficient (Wildman–Crippen LogP) is 0.662. The van der Waals surface area contributed by atoms with Crippen molar-refractivity contribution >= 4 is 11.8 Å². The highest BCUT2D eigenvalue weighted by molar-refractivity contribution is 5.94. The second kappa shape index (κ2) is 6.52. The summed E-state index contributed by atoms with van der Waals surface area (Å²) in [6, 6.07) is 7.52.